The number of aliphatic hydroxyl groups is 1. The first-order valence-corrected chi connectivity index (χ1v) is 32.3. The summed E-state index contributed by atoms with van der Waals surface area (Å²) in [4.78, 5) is 60.2. The fraction of sp³-hybridized carbons (Fsp3) is 0.0581. The number of aryl methyl sites for hydroxylation is 3. The minimum Gasteiger partial charge on any atom is -0.574 e. The molecule has 3 N–H and O–H groups in total. The average Bonchev–Trinajstić information content (AvgIpc) is 1.61. The Labute approximate surface area is 714 Å². The number of phenolic OH excluding ortho intramolecular Hbond substituents is 2. The number of pyridine rings is 7. The van der Waals surface area contributed by atoms with Crippen molar-refractivity contribution >= 4 is 40.9 Å². The van der Waals surface area contributed by atoms with Crippen LogP contribution in [0.4, 0.5) is 0 Å². The molecule has 2 radical (unpaired) electrons. The van der Waals surface area contributed by atoms with Gasteiger partial charge in [0.05, 0.1) is 34.2 Å². The van der Waals surface area contributed by atoms with Gasteiger partial charge in [0.2, 0.25) is 0 Å². The SMILES string of the molecule is CC(=O)C=C(C)O.Cc1cc(-c2ccccn2)[n-]n1.Cc1cc(-c2ccccn2)[n-]n1.Cc1n[n-]c(-c2ccccn2)n1.Oc1ccccc1-c1cccc(-c2cccc(-c3ccccc3O)n2)n1.[CH-]=O.[CH-]=O.[CH3-].[Ir].[Ir].[Os].[Pt+2].[Pt].[c-]1ccccc1-c1nccc2ccccc12.[c-]1ccccc1-c1nccc2ccccc12. The quantitative estimate of drug-likeness (QED) is 0.0523. The van der Waals surface area contributed by atoms with E-state index in [1.165, 1.54) is 41.5 Å². The zero-order chi connectivity index (χ0) is 74.6. The molecule has 0 saturated carbocycles. The third kappa shape index (κ3) is 30.0. The van der Waals surface area contributed by atoms with E-state index < -0.39 is 0 Å². The fourth-order valence-corrected chi connectivity index (χ4v) is 9.86. The van der Waals surface area contributed by atoms with E-state index in [-0.39, 0.29) is 133 Å². The number of hydrogen-bond acceptors (Lipinski definition) is 17. The van der Waals surface area contributed by atoms with Crippen LogP contribution in [-0.2, 0) is 117 Å². The number of carbonyl (C=O) groups is 1. The number of hydrogen-bond donors (Lipinski definition) is 3. The molecule has 16 rings (SSSR count). The molecule has 0 fully saturated rings. The van der Waals surface area contributed by atoms with Gasteiger partial charge in [-0.2, -0.15) is 0 Å². The first-order chi connectivity index (χ1) is 51.3. The Morgan fingerprint density at radius 3 is 1.12 bits per heavy atom. The maximum Gasteiger partial charge on any atom is 2.00 e. The van der Waals surface area contributed by atoms with Crippen LogP contribution in [-0.4, -0.2) is 89.8 Å². The monoisotopic (exact) mass is 2360 g/mol. The number of para-hydroxylation sites is 2. The molecule has 20 nitrogen and oxygen atoms in total. The third-order valence-corrected chi connectivity index (χ3v) is 14.4. The van der Waals surface area contributed by atoms with Crippen molar-refractivity contribution in [2.75, 3.05) is 0 Å². The third-order valence-electron chi connectivity index (χ3n) is 14.4. The van der Waals surface area contributed by atoms with E-state index in [0.717, 1.165) is 62.4 Å². The van der Waals surface area contributed by atoms with Gasteiger partial charge in [-0.1, -0.05) is 127 Å². The van der Waals surface area contributed by atoms with Crippen molar-refractivity contribution in [3.05, 3.63) is 340 Å². The van der Waals surface area contributed by atoms with E-state index in [2.05, 4.69) is 120 Å². The maximum absolute atomic E-state index is 10.1. The van der Waals surface area contributed by atoms with Crippen molar-refractivity contribution in [1.82, 2.24) is 70.5 Å². The molecule has 0 bridgehead atoms. The summed E-state index contributed by atoms with van der Waals surface area (Å²) in [6.07, 6.45) is 10.1. The van der Waals surface area contributed by atoms with Crippen LogP contribution in [0.1, 0.15) is 31.1 Å². The summed E-state index contributed by atoms with van der Waals surface area (Å²) >= 11 is 0. The van der Waals surface area contributed by atoms with Gasteiger partial charge in [-0.3, -0.25) is 38.4 Å². The number of aromatic nitrogens is 14. The number of benzene rings is 6. The van der Waals surface area contributed by atoms with Crippen molar-refractivity contribution in [2.24, 2.45) is 0 Å². The summed E-state index contributed by atoms with van der Waals surface area (Å²) in [5.41, 5.74) is 14.2. The fourth-order valence-electron chi connectivity index (χ4n) is 9.86. The largest absolute Gasteiger partial charge is 2.00 e. The van der Waals surface area contributed by atoms with Gasteiger partial charge in [0, 0.05) is 158 Å². The summed E-state index contributed by atoms with van der Waals surface area (Å²) in [5.74, 6) is 1.58. The number of rotatable bonds is 9. The van der Waals surface area contributed by atoms with Crippen LogP contribution in [0.25, 0.3) is 112 Å². The normalized spacial score (nSPS) is 9.58. The number of nitrogens with zero attached hydrogens (tertiary/aromatic N) is 14. The molecule has 111 heavy (non-hydrogen) atoms. The number of phenols is 2. The van der Waals surface area contributed by atoms with Crippen molar-refractivity contribution in [1.29, 1.82) is 0 Å². The summed E-state index contributed by atoms with van der Waals surface area (Å²) in [6, 6.07) is 89.3. The summed E-state index contributed by atoms with van der Waals surface area (Å²) < 4.78 is 0. The summed E-state index contributed by atoms with van der Waals surface area (Å²) in [5, 5.41) is 56.7. The van der Waals surface area contributed by atoms with E-state index in [9.17, 15) is 15.0 Å². The molecule has 10 heterocycles. The second kappa shape index (κ2) is 52.1. The van der Waals surface area contributed by atoms with Crippen LogP contribution in [0.15, 0.2) is 304 Å². The first kappa shape index (κ1) is 96.0. The zero-order valence-electron chi connectivity index (χ0n) is 60.4. The van der Waals surface area contributed by atoms with Gasteiger partial charge < -0.3 is 72.8 Å². The molecule has 6 aromatic carbocycles. The van der Waals surface area contributed by atoms with Crippen LogP contribution >= 0.6 is 0 Å². The molecule has 0 unspecified atom stereocenters. The molecule has 0 aliphatic heterocycles. The minimum atomic E-state index is -0.125. The van der Waals surface area contributed by atoms with Gasteiger partial charge in [0.1, 0.15) is 11.5 Å². The van der Waals surface area contributed by atoms with Crippen molar-refractivity contribution in [3.63, 3.8) is 0 Å². The van der Waals surface area contributed by atoms with E-state index in [1.54, 1.807) is 49.8 Å². The number of aromatic hydroxyl groups is 2. The molecule has 0 atom stereocenters. The molecule has 0 spiro atoms. The van der Waals surface area contributed by atoms with E-state index >= 15 is 0 Å². The van der Waals surface area contributed by atoms with Crippen LogP contribution in [0.2, 0.25) is 0 Å². The Kier molecular flexibility index (Phi) is 45.1. The topological polar surface area (TPSA) is 296 Å². The van der Waals surface area contributed by atoms with Crippen molar-refractivity contribution < 1.29 is 132 Å². The Morgan fingerprint density at radius 2 is 0.784 bits per heavy atom. The maximum atomic E-state index is 10.1. The van der Waals surface area contributed by atoms with Gasteiger partial charge in [0.15, 0.2) is 5.78 Å². The van der Waals surface area contributed by atoms with Crippen LogP contribution in [0, 0.1) is 40.3 Å². The molecule has 25 heteroatoms. The van der Waals surface area contributed by atoms with E-state index in [0.29, 0.717) is 45.6 Å². The molecule has 0 saturated heterocycles. The molecule has 10 aromatic heterocycles. The average molecular weight is 2360 g/mol. The predicted octanol–water partition coefficient (Wildman–Crippen LogP) is 16.8. The van der Waals surface area contributed by atoms with Crippen LogP contribution in [0.5, 0.6) is 11.5 Å². The number of ketones is 1. The van der Waals surface area contributed by atoms with E-state index in [4.69, 9.17) is 14.7 Å². The van der Waals surface area contributed by atoms with Gasteiger partial charge in [-0.25, -0.2) is 9.97 Å². The van der Waals surface area contributed by atoms with Crippen molar-refractivity contribution in [3.8, 4) is 102 Å². The standard InChI is InChI=1S/C22H16N2O2.2C15H10N.2C9H8N3.C8H7N4.C5H8O2.2CHO.CH3.2Ir.Os.2Pt/c25-21-13-3-1-7-15(21)17-9-5-11-19(23-17)20-12-6-10-18(24-20)16-8-2-4-14-22(16)26;2*1-2-7-13(8-3-1)15-14-9-5-4-6-12(14)10-11-16-15;2*1-7-6-9(12-11-7)8-4-2-3-5-10-8;1-6-10-8(12-11-6)7-4-2-3-5-9-7;1-4(6)3-5(2)7;2*1-2;;;;;;/h1-14,25-26H;2*1-7,9-11H;2*2-6H,1H3;2-5H,1H3;3,6H,1-2H3;2*1H;1H3;;;;;/q;5*-1;;3*-1;;;;;+2. The molecular weight excluding hydrogens is 2290 g/mol. The Balaban J connectivity index is 0.000000444. The Hall–Kier alpha value is -11.1. The summed E-state index contributed by atoms with van der Waals surface area (Å²) in [6.45, 7) is 15.0. The molecule has 574 valence electrons. The zero-order valence-corrected chi connectivity index (χ0v) is 72.3. The number of carbonyl (C=O) groups excluding carboxylic acids is 3. The Morgan fingerprint density at radius 1 is 0.414 bits per heavy atom. The van der Waals surface area contributed by atoms with Gasteiger partial charge in [0.25, 0.3) is 0 Å². The smallest absolute Gasteiger partial charge is 0.574 e. The van der Waals surface area contributed by atoms with Crippen LogP contribution in [0.3, 0.4) is 0 Å². The molecular formula is C86H72Ir2N14O6OsPt2-6. The summed E-state index contributed by atoms with van der Waals surface area (Å²) in [7, 11) is 0. The minimum absolute atomic E-state index is 0. The van der Waals surface area contributed by atoms with Gasteiger partial charge in [-0.05, 0) is 170 Å². The molecule has 0 aliphatic rings. The van der Waals surface area contributed by atoms with Gasteiger partial charge in [-0.15, -0.1) is 71.8 Å². The van der Waals surface area contributed by atoms with Crippen LogP contribution < -0.4 is 15.3 Å². The molecule has 0 aliphatic carbocycles. The number of aliphatic hydroxyl groups excluding tert-OH is 1. The molecule has 0 amide bonds. The second-order valence-corrected chi connectivity index (χ2v) is 22.1. The van der Waals surface area contributed by atoms with Crippen molar-refractivity contribution in [2.45, 2.75) is 34.6 Å². The predicted molar refractivity (Wildman–Crippen MR) is 415 cm³/mol. The number of allylic oxidation sites excluding steroid dienone is 2. The first-order valence-electron chi connectivity index (χ1n) is 32.3. The second-order valence-electron chi connectivity index (χ2n) is 22.1. The Bertz CT molecular complexity index is 4950. The van der Waals surface area contributed by atoms with E-state index in [1.807, 2.05) is 239 Å². The van der Waals surface area contributed by atoms with Gasteiger partial charge >= 0.3 is 21.1 Å². The number of fused-ring (bicyclic) bond motifs is 2. The molecule has 16 aromatic rings.